The molecular weight excluding hydrogens is 217 g/mol. The molecular formula is C9H16ClF3O. The van der Waals surface area contributed by atoms with Crippen molar-refractivity contribution in [1.82, 2.24) is 0 Å². The van der Waals surface area contributed by atoms with Crippen LogP contribution in [-0.2, 0) is 4.74 Å². The molecule has 0 rings (SSSR count). The smallest absolute Gasteiger partial charge is 0.372 e. The largest absolute Gasteiger partial charge is 0.411 e. The Labute approximate surface area is 87.6 Å². The van der Waals surface area contributed by atoms with Gasteiger partial charge in [0.15, 0.2) is 0 Å². The van der Waals surface area contributed by atoms with Gasteiger partial charge in [-0.3, -0.25) is 0 Å². The molecule has 5 heteroatoms. The summed E-state index contributed by atoms with van der Waals surface area (Å²) in [4.78, 5) is 0. The van der Waals surface area contributed by atoms with Crippen molar-refractivity contribution >= 4 is 11.6 Å². The molecule has 0 aromatic heterocycles. The van der Waals surface area contributed by atoms with Crippen molar-refractivity contribution in [1.29, 1.82) is 0 Å². The Bertz CT molecular complexity index is 147. The van der Waals surface area contributed by atoms with E-state index in [2.05, 4.69) is 4.74 Å². The Balaban J connectivity index is 3.30. The lowest BCUT2D eigenvalue weighted by Crippen LogP contribution is -2.18. The second kappa shape index (κ2) is 6.51. The van der Waals surface area contributed by atoms with Gasteiger partial charge in [0, 0.05) is 12.0 Å². The first-order chi connectivity index (χ1) is 6.33. The van der Waals surface area contributed by atoms with Crippen molar-refractivity contribution in [2.75, 3.05) is 13.2 Å². The Kier molecular flexibility index (Phi) is 6.53. The molecule has 1 unspecified atom stereocenters. The zero-order chi connectivity index (χ0) is 11.2. The summed E-state index contributed by atoms with van der Waals surface area (Å²) in [5, 5.41) is 0.0180. The summed E-state index contributed by atoms with van der Waals surface area (Å²) in [7, 11) is 0. The van der Waals surface area contributed by atoms with Gasteiger partial charge in [-0.2, -0.15) is 13.2 Å². The fourth-order valence-electron chi connectivity index (χ4n) is 0.902. The van der Waals surface area contributed by atoms with E-state index in [1.54, 1.807) is 0 Å². The summed E-state index contributed by atoms with van der Waals surface area (Å²) in [6.07, 6.45) is -2.96. The van der Waals surface area contributed by atoms with E-state index in [1.165, 1.54) is 0 Å². The van der Waals surface area contributed by atoms with Gasteiger partial charge in [-0.05, 0) is 18.8 Å². The summed E-state index contributed by atoms with van der Waals surface area (Å²) in [5.74, 6) is 0.347. The molecule has 0 spiro atoms. The highest BCUT2D eigenvalue weighted by molar-refractivity contribution is 6.20. The fourth-order valence-corrected chi connectivity index (χ4v) is 1.06. The van der Waals surface area contributed by atoms with E-state index < -0.39 is 12.8 Å². The second-order valence-corrected chi connectivity index (χ2v) is 4.13. The molecule has 0 bridgehead atoms. The predicted octanol–water partition coefficient (Wildman–Crippen LogP) is 3.61. The van der Waals surface area contributed by atoms with Gasteiger partial charge < -0.3 is 4.74 Å². The first kappa shape index (κ1) is 14.0. The average Bonchev–Trinajstić information content (AvgIpc) is 2.01. The van der Waals surface area contributed by atoms with Crippen molar-refractivity contribution in [3.63, 3.8) is 0 Å². The van der Waals surface area contributed by atoms with E-state index in [1.807, 2.05) is 13.8 Å². The number of ether oxygens (including phenoxy) is 1. The van der Waals surface area contributed by atoms with Crippen LogP contribution in [0.25, 0.3) is 0 Å². The fraction of sp³-hybridized carbons (Fsp3) is 1.00. The predicted molar refractivity (Wildman–Crippen MR) is 50.6 cm³/mol. The molecule has 0 fully saturated rings. The quantitative estimate of drug-likeness (QED) is 0.502. The maximum atomic E-state index is 11.6. The molecule has 0 aliphatic rings. The van der Waals surface area contributed by atoms with Crippen molar-refractivity contribution in [3.05, 3.63) is 0 Å². The molecule has 0 radical (unpaired) electrons. The van der Waals surface area contributed by atoms with Crippen LogP contribution in [0.5, 0.6) is 0 Å². The molecule has 0 aromatic carbocycles. The molecule has 0 saturated carbocycles. The summed E-state index contributed by atoms with van der Waals surface area (Å²) >= 11 is 5.91. The van der Waals surface area contributed by atoms with Crippen LogP contribution in [0.4, 0.5) is 13.2 Å². The highest BCUT2D eigenvalue weighted by atomic mass is 35.5. The summed E-state index contributed by atoms with van der Waals surface area (Å²) in [6.45, 7) is 2.92. The SMILES string of the molecule is CC(C)C(Cl)CCCOCC(F)(F)F. The van der Waals surface area contributed by atoms with E-state index in [0.717, 1.165) is 0 Å². The van der Waals surface area contributed by atoms with Crippen LogP contribution < -0.4 is 0 Å². The highest BCUT2D eigenvalue weighted by Gasteiger charge is 2.27. The van der Waals surface area contributed by atoms with Crippen molar-refractivity contribution < 1.29 is 17.9 Å². The Morgan fingerprint density at radius 2 is 1.86 bits per heavy atom. The first-order valence-corrected chi connectivity index (χ1v) is 5.05. The van der Waals surface area contributed by atoms with Gasteiger partial charge in [0.2, 0.25) is 0 Å². The van der Waals surface area contributed by atoms with Gasteiger partial charge in [-0.1, -0.05) is 13.8 Å². The molecule has 0 aromatic rings. The van der Waals surface area contributed by atoms with Gasteiger partial charge in [0.05, 0.1) is 0 Å². The maximum Gasteiger partial charge on any atom is 0.411 e. The zero-order valence-electron chi connectivity index (χ0n) is 8.40. The third-order valence-corrected chi connectivity index (χ3v) is 2.48. The summed E-state index contributed by atoms with van der Waals surface area (Å²) < 4.78 is 39.3. The Morgan fingerprint density at radius 3 is 2.29 bits per heavy atom. The Hall–Kier alpha value is 0.0400. The molecule has 1 atom stereocenters. The van der Waals surface area contributed by atoms with Crippen LogP contribution in [0.1, 0.15) is 26.7 Å². The molecule has 0 saturated heterocycles. The van der Waals surface area contributed by atoms with Crippen LogP contribution in [0, 0.1) is 5.92 Å². The van der Waals surface area contributed by atoms with E-state index in [9.17, 15) is 13.2 Å². The standard InChI is InChI=1S/C9H16ClF3O/c1-7(2)8(10)4-3-5-14-6-9(11,12)13/h7-8H,3-6H2,1-2H3. The van der Waals surface area contributed by atoms with Crippen LogP contribution in [0.2, 0.25) is 0 Å². The minimum atomic E-state index is -4.22. The number of hydrogen-bond donors (Lipinski definition) is 0. The maximum absolute atomic E-state index is 11.6. The van der Waals surface area contributed by atoms with Crippen molar-refractivity contribution in [2.45, 2.75) is 38.2 Å². The van der Waals surface area contributed by atoms with Crippen molar-refractivity contribution in [2.24, 2.45) is 5.92 Å². The van der Waals surface area contributed by atoms with Crippen molar-refractivity contribution in [3.8, 4) is 0 Å². The van der Waals surface area contributed by atoms with Crippen LogP contribution in [0.15, 0.2) is 0 Å². The lowest BCUT2D eigenvalue weighted by atomic mass is 10.1. The average molecular weight is 233 g/mol. The van der Waals surface area contributed by atoms with Crippen LogP contribution in [-0.4, -0.2) is 24.8 Å². The lowest BCUT2D eigenvalue weighted by Gasteiger charge is -2.13. The number of halogens is 4. The van der Waals surface area contributed by atoms with Gasteiger partial charge in [0.1, 0.15) is 6.61 Å². The second-order valence-electron chi connectivity index (χ2n) is 3.57. The monoisotopic (exact) mass is 232 g/mol. The summed E-state index contributed by atoms with van der Waals surface area (Å²) in [5.41, 5.74) is 0. The van der Waals surface area contributed by atoms with E-state index in [0.29, 0.717) is 18.8 Å². The first-order valence-electron chi connectivity index (χ1n) is 4.61. The van der Waals surface area contributed by atoms with Crippen LogP contribution >= 0.6 is 11.6 Å². The molecule has 86 valence electrons. The Morgan fingerprint density at radius 1 is 1.29 bits per heavy atom. The summed E-state index contributed by atoms with van der Waals surface area (Å²) in [6, 6.07) is 0. The minimum Gasteiger partial charge on any atom is -0.372 e. The molecule has 0 aliphatic carbocycles. The van der Waals surface area contributed by atoms with Crippen LogP contribution in [0.3, 0.4) is 0 Å². The number of hydrogen-bond acceptors (Lipinski definition) is 1. The number of alkyl halides is 4. The van der Waals surface area contributed by atoms with Gasteiger partial charge in [-0.15, -0.1) is 11.6 Å². The lowest BCUT2D eigenvalue weighted by molar-refractivity contribution is -0.174. The van der Waals surface area contributed by atoms with E-state index in [4.69, 9.17) is 11.6 Å². The number of rotatable bonds is 6. The van der Waals surface area contributed by atoms with E-state index in [-0.39, 0.29) is 12.0 Å². The van der Waals surface area contributed by atoms with Gasteiger partial charge >= 0.3 is 6.18 Å². The molecule has 0 heterocycles. The minimum absolute atomic E-state index is 0.0180. The third-order valence-electron chi connectivity index (χ3n) is 1.76. The molecule has 0 N–H and O–H groups in total. The van der Waals surface area contributed by atoms with E-state index >= 15 is 0 Å². The topological polar surface area (TPSA) is 9.23 Å². The highest BCUT2D eigenvalue weighted by Crippen LogP contribution is 2.17. The zero-order valence-corrected chi connectivity index (χ0v) is 9.16. The van der Waals surface area contributed by atoms with Gasteiger partial charge in [0.25, 0.3) is 0 Å². The van der Waals surface area contributed by atoms with Gasteiger partial charge in [-0.25, -0.2) is 0 Å². The normalized spacial score (nSPS) is 14.8. The molecule has 1 nitrogen and oxygen atoms in total. The molecule has 0 amide bonds. The molecule has 0 aliphatic heterocycles. The molecule has 14 heavy (non-hydrogen) atoms. The third kappa shape index (κ3) is 8.63.